The van der Waals surface area contributed by atoms with Gasteiger partial charge in [0.05, 0.1) is 13.2 Å². The summed E-state index contributed by atoms with van der Waals surface area (Å²) in [7, 11) is 1.59. The van der Waals surface area contributed by atoms with Crippen molar-refractivity contribution in [2.45, 2.75) is 26.4 Å². The molecule has 0 bridgehead atoms. The van der Waals surface area contributed by atoms with Crippen LogP contribution in [0.5, 0.6) is 17.2 Å². The minimum atomic E-state index is -0.459. The maximum absolute atomic E-state index is 13.7. The fourth-order valence-electron chi connectivity index (χ4n) is 4.95. The second kappa shape index (κ2) is 9.85. The Morgan fingerprint density at radius 2 is 1.89 bits per heavy atom. The molecule has 2 N–H and O–H groups in total. The van der Waals surface area contributed by atoms with Crippen LogP contribution in [-0.2, 0) is 6.54 Å². The average Bonchev–Trinajstić information content (AvgIpc) is 3.44. The number of fused-ring (bicyclic) bond motifs is 1. The standard InChI is InChI=1S/C30H29N3O4/c1-5-13-37-23-12-11-21(16-24(23)36-4)28-25-26(22-15-18(2)14-19(3)29(22)34)31-32-27(25)30(35)33(28)17-20-9-7-6-8-10-20/h5-12,14-16,28,34H,1,13,17H2,2-4H3,(H,31,32). The Labute approximate surface area is 216 Å². The Bertz CT molecular complexity index is 1480. The van der Waals surface area contributed by atoms with E-state index in [0.717, 1.165) is 27.8 Å². The van der Waals surface area contributed by atoms with Crippen molar-refractivity contribution in [3.63, 3.8) is 0 Å². The third-order valence-corrected chi connectivity index (χ3v) is 6.62. The SMILES string of the molecule is C=CCOc1ccc(C2c3c(-c4cc(C)cc(C)c4O)n[nH]c3C(=O)N2Cc2ccccc2)cc1OC. The number of rotatable bonds is 8. The molecule has 2 heterocycles. The van der Waals surface area contributed by atoms with Crippen LogP contribution in [0.25, 0.3) is 11.3 Å². The number of methoxy groups -OCH3 is 1. The van der Waals surface area contributed by atoms with E-state index in [1.54, 1.807) is 13.2 Å². The Kier molecular flexibility index (Phi) is 6.44. The summed E-state index contributed by atoms with van der Waals surface area (Å²) in [6.07, 6.45) is 1.67. The molecule has 3 aromatic carbocycles. The number of nitrogens with one attached hydrogen (secondary N) is 1. The fraction of sp³-hybridized carbons (Fsp3) is 0.200. The maximum Gasteiger partial charge on any atom is 0.273 e. The fourth-order valence-corrected chi connectivity index (χ4v) is 4.95. The highest BCUT2D eigenvalue weighted by molar-refractivity contribution is 6.00. The van der Waals surface area contributed by atoms with Gasteiger partial charge in [0.2, 0.25) is 0 Å². The molecule has 188 valence electrons. The van der Waals surface area contributed by atoms with Crippen molar-refractivity contribution in [3.05, 3.63) is 107 Å². The highest BCUT2D eigenvalue weighted by atomic mass is 16.5. The first-order valence-corrected chi connectivity index (χ1v) is 12.1. The number of aromatic amines is 1. The molecule has 1 aliphatic rings. The summed E-state index contributed by atoms with van der Waals surface area (Å²) in [6, 6.07) is 18.9. The summed E-state index contributed by atoms with van der Waals surface area (Å²) in [5.41, 5.74) is 5.88. The largest absolute Gasteiger partial charge is 0.507 e. The van der Waals surface area contributed by atoms with Gasteiger partial charge in [-0.2, -0.15) is 5.10 Å². The third-order valence-electron chi connectivity index (χ3n) is 6.62. The van der Waals surface area contributed by atoms with Gasteiger partial charge in [-0.3, -0.25) is 9.89 Å². The number of carbonyl (C=O) groups excluding carboxylic acids is 1. The van der Waals surface area contributed by atoms with E-state index < -0.39 is 6.04 Å². The molecule has 1 unspecified atom stereocenters. The molecule has 7 heteroatoms. The molecule has 0 fully saturated rings. The molecule has 0 saturated heterocycles. The third kappa shape index (κ3) is 4.33. The number of phenols is 1. The van der Waals surface area contributed by atoms with Crippen molar-refractivity contribution in [3.8, 4) is 28.5 Å². The smallest absolute Gasteiger partial charge is 0.273 e. The number of amides is 1. The van der Waals surface area contributed by atoms with E-state index in [-0.39, 0.29) is 11.7 Å². The Morgan fingerprint density at radius 1 is 1.11 bits per heavy atom. The van der Waals surface area contributed by atoms with Gasteiger partial charge in [-0.15, -0.1) is 0 Å². The van der Waals surface area contributed by atoms with Crippen molar-refractivity contribution in [1.82, 2.24) is 15.1 Å². The van der Waals surface area contributed by atoms with Gasteiger partial charge in [-0.25, -0.2) is 0 Å². The second-order valence-electron chi connectivity index (χ2n) is 9.17. The number of hydrogen-bond acceptors (Lipinski definition) is 5. The van der Waals surface area contributed by atoms with E-state index in [1.807, 2.05) is 79.4 Å². The van der Waals surface area contributed by atoms with Crippen molar-refractivity contribution < 1.29 is 19.4 Å². The normalized spacial score (nSPS) is 14.5. The predicted octanol–water partition coefficient (Wildman–Crippen LogP) is 5.72. The highest BCUT2D eigenvalue weighted by Crippen LogP contribution is 2.47. The first-order valence-electron chi connectivity index (χ1n) is 12.1. The van der Waals surface area contributed by atoms with Crippen molar-refractivity contribution in [1.29, 1.82) is 0 Å². The summed E-state index contributed by atoms with van der Waals surface area (Å²) >= 11 is 0. The highest BCUT2D eigenvalue weighted by Gasteiger charge is 2.43. The molecule has 0 radical (unpaired) electrons. The van der Waals surface area contributed by atoms with Gasteiger partial charge in [0, 0.05) is 17.7 Å². The molecule has 4 aromatic rings. The number of aromatic nitrogens is 2. The van der Waals surface area contributed by atoms with Crippen molar-refractivity contribution >= 4 is 5.91 Å². The number of carbonyl (C=O) groups is 1. The van der Waals surface area contributed by atoms with Crippen LogP contribution in [0.4, 0.5) is 0 Å². The lowest BCUT2D eigenvalue weighted by Crippen LogP contribution is -2.29. The van der Waals surface area contributed by atoms with E-state index in [1.165, 1.54) is 0 Å². The summed E-state index contributed by atoms with van der Waals surface area (Å²) < 4.78 is 11.4. The van der Waals surface area contributed by atoms with Gasteiger partial charge in [0.25, 0.3) is 5.91 Å². The molecule has 1 amide bonds. The first kappa shape index (κ1) is 24.2. The van der Waals surface area contributed by atoms with E-state index >= 15 is 0 Å². The summed E-state index contributed by atoms with van der Waals surface area (Å²) in [5, 5.41) is 18.4. The minimum absolute atomic E-state index is 0.151. The zero-order valence-corrected chi connectivity index (χ0v) is 21.1. The van der Waals surface area contributed by atoms with Gasteiger partial charge >= 0.3 is 0 Å². The molecular weight excluding hydrogens is 466 g/mol. The second-order valence-corrected chi connectivity index (χ2v) is 9.17. The molecule has 0 spiro atoms. The Balaban J connectivity index is 1.68. The lowest BCUT2D eigenvalue weighted by atomic mass is 9.93. The molecule has 0 aliphatic carbocycles. The van der Waals surface area contributed by atoms with Crippen LogP contribution in [0.15, 0.2) is 73.3 Å². The zero-order chi connectivity index (χ0) is 26.1. The van der Waals surface area contributed by atoms with Crippen LogP contribution in [0, 0.1) is 13.8 Å². The number of ether oxygens (including phenoxy) is 2. The molecule has 1 aliphatic heterocycles. The van der Waals surface area contributed by atoms with Crippen LogP contribution in [0.2, 0.25) is 0 Å². The number of aryl methyl sites for hydroxylation is 2. The van der Waals surface area contributed by atoms with Gasteiger partial charge < -0.3 is 19.5 Å². The predicted molar refractivity (Wildman–Crippen MR) is 142 cm³/mol. The number of aromatic hydroxyl groups is 1. The van der Waals surface area contributed by atoms with E-state index in [9.17, 15) is 9.90 Å². The number of nitrogens with zero attached hydrogens (tertiary/aromatic N) is 2. The first-order chi connectivity index (χ1) is 17.9. The summed E-state index contributed by atoms with van der Waals surface area (Å²) in [4.78, 5) is 15.6. The van der Waals surface area contributed by atoms with Crippen LogP contribution >= 0.6 is 0 Å². The van der Waals surface area contributed by atoms with Crippen LogP contribution < -0.4 is 9.47 Å². The monoisotopic (exact) mass is 495 g/mol. The van der Waals surface area contributed by atoms with Crippen LogP contribution in [0.3, 0.4) is 0 Å². The van der Waals surface area contributed by atoms with E-state index in [0.29, 0.717) is 41.6 Å². The van der Waals surface area contributed by atoms with Crippen LogP contribution in [0.1, 0.15) is 44.3 Å². The number of H-pyrrole nitrogens is 1. The van der Waals surface area contributed by atoms with Gasteiger partial charge in [-0.05, 0) is 54.3 Å². The summed E-state index contributed by atoms with van der Waals surface area (Å²) in [6.45, 7) is 8.29. The number of hydrogen-bond donors (Lipinski definition) is 2. The van der Waals surface area contributed by atoms with Crippen molar-refractivity contribution in [2.24, 2.45) is 0 Å². The maximum atomic E-state index is 13.7. The molecule has 37 heavy (non-hydrogen) atoms. The van der Waals surface area contributed by atoms with E-state index in [4.69, 9.17) is 9.47 Å². The topological polar surface area (TPSA) is 87.7 Å². The number of phenolic OH excluding ortho intramolecular Hbond substituents is 1. The zero-order valence-electron chi connectivity index (χ0n) is 21.1. The van der Waals surface area contributed by atoms with Crippen molar-refractivity contribution in [2.75, 3.05) is 13.7 Å². The molecule has 5 rings (SSSR count). The molecule has 1 aromatic heterocycles. The molecular formula is C30H29N3O4. The quantitative estimate of drug-likeness (QED) is 0.305. The lowest BCUT2D eigenvalue weighted by molar-refractivity contribution is 0.0730. The van der Waals surface area contributed by atoms with Gasteiger partial charge in [0.1, 0.15) is 23.7 Å². The summed E-state index contributed by atoms with van der Waals surface area (Å²) in [5.74, 6) is 1.14. The Hall–Kier alpha value is -4.52. The number of benzene rings is 3. The average molecular weight is 496 g/mol. The van der Waals surface area contributed by atoms with Gasteiger partial charge in [0.15, 0.2) is 11.5 Å². The molecule has 0 saturated carbocycles. The van der Waals surface area contributed by atoms with Crippen LogP contribution in [-0.4, -0.2) is 39.8 Å². The van der Waals surface area contributed by atoms with Gasteiger partial charge in [-0.1, -0.05) is 55.1 Å². The molecule has 1 atom stereocenters. The minimum Gasteiger partial charge on any atom is -0.507 e. The lowest BCUT2D eigenvalue weighted by Gasteiger charge is -2.27. The Morgan fingerprint density at radius 3 is 2.62 bits per heavy atom. The van der Waals surface area contributed by atoms with E-state index in [2.05, 4.69) is 16.8 Å². The molecule has 7 nitrogen and oxygen atoms in total.